The number of methoxy groups -OCH3 is 1. The van der Waals surface area contributed by atoms with Gasteiger partial charge in [-0.1, -0.05) is 28.8 Å². The topological polar surface area (TPSA) is 21.3 Å². The van der Waals surface area contributed by atoms with Gasteiger partial charge in [-0.25, -0.2) is 0 Å². The predicted octanol–water partition coefficient (Wildman–Crippen LogP) is 3.67. The van der Waals surface area contributed by atoms with Crippen molar-refractivity contribution in [1.82, 2.24) is 0 Å². The largest absolute Gasteiger partial charge is 0.497 e. The third-order valence-corrected chi connectivity index (χ3v) is 3.14. The summed E-state index contributed by atoms with van der Waals surface area (Å²) in [6.07, 6.45) is 4.13. The number of nitrogens with one attached hydrogen (secondary N) is 1. The highest BCUT2D eigenvalue weighted by Crippen LogP contribution is 2.32. The summed E-state index contributed by atoms with van der Waals surface area (Å²) in [7, 11) is 1.69. The highest BCUT2D eigenvalue weighted by atomic mass is 79.9. The molecule has 15 heavy (non-hydrogen) atoms. The average molecular weight is 270 g/mol. The summed E-state index contributed by atoms with van der Waals surface area (Å²) in [4.78, 5) is 0. The first-order valence-electron chi connectivity index (χ1n) is 5.36. The van der Waals surface area contributed by atoms with Crippen LogP contribution < -0.4 is 10.1 Å². The van der Waals surface area contributed by atoms with E-state index in [2.05, 4.69) is 27.3 Å². The Kier molecular flexibility index (Phi) is 3.52. The molecule has 0 spiro atoms. The fourth-order valence-corrected chi connectivity index (χ4v) is 2.08. The van der Waals surface area contributed by atoms with Gasteiger partial charge in [0.25, 0.3) is 0 Å². The van der Waals surface area contributed by atoms with Crippen molar-refractivity contribution < 1.29 is 4.74 Å². The molecule has 0 bridgehead atoms. The Labute approximate surface area is 99.1 Å². The van der Waals surface area contributed by atoms with Crippen LogP contribution in [0, 0.1) is 5.92 Å². The minimum absolute atomic E-state index is 0.887. The summed E-state index contributed by atoms with van der Waals surface area (Å²) in [5.41, 5.74) is 1.13. The van der Waals surface area contributed by atoms with Crippen molar-refractivity contribution >= 4 is 21.6 Å². The van der Waals surface area contributed by atoms with E-state index in [9.17, 15) is 0 Å². The smallest absolute Gasteiger partial charge is 0.122 e. The minimum atomic E-state index is 0.887. The number of benzene rings is 1. The van der Waals surface area contributed by atoms with E-state index in [4.69, 9.17) is 4.74 Å². The zero-order valence-electron chi connectivity index (χ0n) is 8.92. The Balaban J connectivity index is 1.90. The van der Waals surface area contributed by atoms with Crippen LogP contribution in [0.1, 0.15) is 19.3 Å². The first-order valence-corrected chi connectivity index (χ1v) is 6.15. The van der Waals surface area contributed by atoms with Gasteiger partial charge < -0.3 is 10.1 Å². The molecule has 1 saturated carbocycles. The lowest BCUT2D eigenvalue weighted by Crippen LogP contribution is -2.02. The maximum absolute atomic E-state index is 5.21. The Hall–Kier alpha value is -0.700. The zero-order chi connectivity index (χ0) is 10.7. The van der Waals surface area contributed by atoms with E-state index >= 15 is 0 Å². The second-order valence-electron chi connectivity index (χ2n) is 4.04. The normalized spacial score (nSPS) is 15.1. The standard InChI is InChI=1S/C12H16BrNO/c1-15-12-7-10(13)6-11(8-12)14-5-4-9-2-3-9/h6-9,14H,2-5H2,1H3. The fourth-order valence-electron chi connectivity index (χ4n) is 1.61. The van der Waals surface area contributed by atoms with E-state index in [1.165, 1.54) is 19.3 Å². The van der Waals surface area contributed by atoms with Crippen molar-refractivity contribution in [2.45, 2.75) is 19.3 Å². The number of rotatable bonds is 5. The van der Waals surface area contributed by atoms with Crippen LogP contribution in [-0.2, 0) is 0 Å². The summed E-state index contributed by atoms with van der Waals surface area (Å²) in [5, 5.41) is 3.42. The first-order chi connectivity index (χ1) is 7.28. The number of halogens is 1. The van der Waals surface area contributed by atoms with Crippen LogP contribution in [0.15, 0.2) is 22.7 Å². The number of ether oxygens (including phenoxy) is 1. The first kappa shape index (κ1) is 10.8. The van der Waals surface area contributed by atoms with Crippen molar-refractivity contribution in [2.24, 2.45) is 5.92 Å². The van der Waals surface area contributed by atoms with Crippen LogP contribution in [0.3, 0.4) is 0 Å². The Morgan fingerprint density at radius 3 is 2.87 bits per heavy atom. The molecule has 1 aliphatic carbocycles. The van der Waals surface area contributed by atoms with Gasteiger partial charge in [-0.3, -0.25) is 0 Å². The molecular formula is C12H16BrNO. The molecule has 0 atom stereocenters. The van der Waals surface area contributed by atoms with E-state index in [0.29, 0.717) is 0 Å². The molecular weight excluding hydrogens is 254 g/mol. The second-order valence-corrected chi connectivity index (χ2v) is 4.95. The van der Waals surface area contributed by atoms with Crippen LogP contribution in [0.4, 0.5) is 5.69 Å². The lowest BCUT2D eigenvalue weighted by Gasteiger charge is -2.08. The maximum atomic E-state index is 5.21. The van der Waals surface area contributed by atoms with E-state index in [1.807, 2.05) is 12.1 Å². The molecule has 0 saturated heterocycles. The molecule has 82 valence electrons. The van der Waals surface area contributed by atoms with Crippen molar-refractivity contribution in [3.63, 3.8) is 0 Å². The fraction of sp³-hybridized carbons (Fsp3) is 0.500. The van der Waals surface area contributed by atoms with Crippen molar-refractivity contribution in [1.29, 1.82) is 0 Å². The van der Waals surface area contributed by atoms with Crippen LogP contribution >= 0.6 is 15.9 Å². The van der Waals surface area contributed by atoms with Gasteiger partial charge in [0.15, 0.2) is 0 Å². The summed E-state index contributed by atoms with van der Waals surface area (Å²) in [6, 6.07) is 6.07. The van der Waals surface area contributed by atoms with Gasteiger partial charge >= 0.3 is 0 Å². The third kappa shape index (κ3) is 3.42. The molecule has 1 aromatic rings. The molecule has 0 aromatic heterocycles. The van der Waals surface area contributed by atoms with Gasteiger partial charge in [0.2, 0.25) is 0 Å². The lowest BCUT2D eigenvalue weighted by atomic mass is 10.2. The SMILES string of the molecule is COc1cc(Br)cc(NCCC2CC2)c1. The van der Waals surface area contributed by atoms with Crippen LogP contribution in [0.25, 0.3) is 0 Å². The van der Waals surface area contributed by atoms with E-state index in [1.54, 1.807) is 7.11 Å². The van der Waals surface area contributed by atoms with E-state index < -0.39 is 0 Å². The number of hydrogen-bond donors (Lipinski definition) is 1. The maximum Gasteiger partial charge on any atom is 0.122 e. The second kappa shape index (κ2) is 4.88. The Bertz CT molecular complexity index is 336. The lowest BCUT2D eigenvalue weighted by molar-refractivity contribution is 0.414. The molecule has 0 amide bonds. The number of anilines is 1. The average Bonchev–Trinajstić information content (AvgIpc) is 3.01. The summed E-state index contributed by atoms with van der Waals surface area (Å²) in [5.74, 6) is 1.87. The summed E-state index contributed by atoms with van der Waals surface area (Å²) < 4.78 is 6.26. The summed E-state index contributed by atoms with van der Waals surface area (Å²) in [6.45, 7) is 1.06. The van der Waals surface area contributed by atoms with E-state index in [-0.39, 0.29) is 0 Å². The van der Waals surface area contributed by atoms with Crippen molar-refractivity contribution in [3.8, 4) is 5.75 Å². The molecule has 0 radical (unpaired) electrons. The molecule has 1 fully saturated rings. The molecule has 2 nitrogen and oxygen atoms in total. The quantitative estimate of drug-likeness (QED) is 0.881. The molecule has 1 aromatic carbocycles. The molecule has 0 aliphatic heterocycles. The van der Waals surface area contributed by atoms with Crippen LogP contribution in [0.2, 0.25) is 0 Å². The molecule has 3 heteroatoms. The molecule has 1 aliphatic rings. The predicted molar refractivity (Wildman–Crippen MR) is 66.5 cm³/mol. The Morgan fingerprint density at radius 1 is 1.40 bits per heavy atom. The Morgan fingerprint density at radius 2 is 2.20 bits per heavy atom. The minimum Gasteiger partial charge on any atom is -0.497 e. The van der Waals surface area contributed by atoms with Gasteiger partial charge in [-0.15, -0.1) is 0 Å². The molecule has 1 N–H and O–H groups in total. The van der Waals surface area contributed by atoms with Crippen molar-refractivity contribution in [3.05, 3.63) is 22.7 Å². The van der Waals surface area contributed by atoms with Crippen LogP contribution in [-0.4, -0.2) is 13.7 Å². The van der Waals surface area contributed by atoms with Gasteiger partial charge in [-0.2, -0.15) is 0 Å². The molecule has 0 unspecified atom stereocenters. The molecule has 0 heterocycles. The van der Waals surface area contributed by atoms with Gasteiger partial charge in [-0.05, 0) is 24.5 Å². The summed E-state index contributed by atoms with van der Waals surface area (Å²) >= 11 is 3.47. The number of hydrogen-bond acceptors (Lipinski definition) is 2. The van der Waals surface area contributed by atoms with Gasteiger partial charge in [0.1, 0.15) is 5.75 Å². The third-order valence-electron chi connectivity index (χ3n) is 2.69. The zero-order valence-corrected chi connectivity index (χ0v) is 10.5. The highest BCUT2D eigenvalue weighted by Gasteiger charge is 2.20. The van der Waals surface area contributed by atoms with Crippen LogP contribution in [0.5, 0.6) is 5.75 Å². The monoisotopic (exact) mass is 269 g/mol. The van der Waals surface area contributed by atoms with E-state index in [0.717, 1.165) is 28.4 Å². The highest BCUT2D eigenvalue weighted by molar-refractivity contribution is 9.10. The van der Waals surface area contributed by atoms with Gasteiger partial charge in [0.05, 0.1) is 7.11 Å². The van der Waals surface area contributed by atoms with Crippen molar-refractivity contribution in [2.75, 3.05) is 19.0 Å². The molecule has 2 rings (SSSR count). The van der Waals surface area contributed by atoms with Gasteiger partial charge in [0, 0.05) is 22.8 Å².